The van der Waals surface area contributed by atoms with E-state index in [0.29, 0.717) is 11.2 Å². The number of nitrogens with two attached hydrogens (primary N) is 1. The molecule has 0 amide bonds. The first kappa shape index (κ1) is 22.4. The van der Waals surface area contributed by atoms with E-state index in [9.17, 15) is 14.6 Å². The standard InChI is InChI=1S/C10H13N5O6P.2Na/c11-9-8-10(13-3-12-9)15(4-14-8)7-1-5(16)6(21-7)2-20-22(17,18)19;;/h3-7H,1-2H2,(H2,11,12,13)(H2,17,18,19);;/q-1;2*+1/p-1/t5-,6-,7-;;/m1../s1. The normalized spacial score (nSPS) is 25.7. The number of fused-ring (bicyclic) bond motifs is 1. The van der Waals surface area contributed by atoms with Crippen molar-refractivity contribution in [3.8, 4) is 0 Å². The Morgan fingerprint density at radius 1 is 1.46 bits per heavy atom. The van der Waals surface area contributed by atoms with Crippen molar-refractivity contribution in [1.82, 2.24) is 19.5 Å². The molecule has 0 aromatic carbocycles. The van der Waals surface area contributed by atoms with Crippen LogP contribution in [0.4, 0.5) is 5.82 Å². The Morgan fingerprint density at radius 3 is 2.83 bits per heavy atom. The maximum atomic E-state index is 11.9. The summed E-state index contributed by atoms with van der Waals surface area (Å²) in [6.07, 6.45) is -0.164. The zero-order valence-corrected chi connectivity index (χ0v) is 18.0. The van der Waals surface area contributed by atoms with Gasteiger partial charge in [-0.15, -0.1) is 0 Å². The number of phosphoric acid groups is 1. The van der Waals surface area contributed by atoms with E-state index in [2.05, 4.69) is 19.5 Å². The smallest absolute Gasteiger partial charge is 0.850 e. The molecule has 11 nitrogen and oxygen atoms in total. The average Bonchev–Trinajstić information content (AvgIpc) is 3.00. The molecule has 4 atom stereocenters. The van der Waals surface area contributed by atoms with Gasteiger partial charge >= 0.3 is 59.1 Å². The molecule has 0 aliphatic carbocycles. The largest absolute Gasteiger partial charge is 1.00 e. The van der Waals surface area contributed by atoms with Gasteiger partial charge in [-0.3, -0.25) is 9.13 Å². The third-order valence-corrected chi connectivity index (χ3v) is 3.76. The minimum absolute atomic E-state index is 0. The number of hydrogen-bond acceptors (Lipinski definition) is 9. The van der Waals surface area contributed by atoms with Crippen LogP contribution in [0.1, 0.15) is 12.6 Å². The Hall–Kier alpha value is 0.380. The Morgan fingerprint density at radius 2 is 2.17 bits per heavy atom. The molecule has 2 aromatic heterocycles. The molecular weight excluding hydrogens is 363 g/mol. The first-order valence-corrected chi connectivity index (χ1v) is 7.77. The van der Waals surface area contributed by atoms with Gasteiger partial charge in [0, 0.05) is 0 Å². The molecule has 3 N–H and O–H groups in total. The number of hydrogen-bond donors (Lipinski definition) is 2. The van der Waals surface area contributed by atoms with E-state index in [0.717, 1.165) is 0 Å². The van der Waals surface area contributed by atoms with Crippen molar-refractivity contribution in [3.05, 3.63) is 12.7 Å². The SMILES string of the molecule is Nc1ncnc2c1ncn2[C@H]1C[C@@H]([O-])[C@@H](COP(=O)([O-])O)O1.[Na+].[Na+]. The van der Waals surface area contributed by atoms with E-state index in [4.69, 9.17) is 15.4 Å². The van der Waals surface area contributed by atoms with Gasteiger partial charge in [-0.05, 0) is 6.42 Å². The number of phosphoric ester groups is 1. The van der Waals surface area contributed by atoms with Crippen molar-refractivity contribution < 1.29 is 87.8 Å². The molecule has 1 aliphatic heterocycles. The molecule has 0 spiro atoms. The number of rotatable bonds is 4. The Kier molecular flexibility index (Phi) is 8.27. The summed E-state index contributed by atoms with van der Waals surface area (Å²) in [6.45, 7) is -0.550. The molecule has 24 heavy (non-hydrogen) atoms. The van der Waals surface area contributed by atoms with Crippen LogP contribution in [0.25, 0.3) is 11.2 Å². The molecule has 1 fully saturated rings. The molecular formula is C10H12N5Na2O6P. The molecule has 1 unspecified atom stereocenters. The van der Waals surface area contributed by atoms with Crippen molar-refractivity contribution >= 4 is 24.8 Å². The predicted octanol–water partition coefficient (Wildman–Crippen LogP) is -8.09. The van der Waals surface area contributed by atoms with Crippen molar-refractivity contribution in [2.45, 2.75) is 24.9 Å². The summed E-state index contributed by atoms with van der Waals surface area (Å²) >= 11 is 0. The predicted molar refractivity (Wildman–Crippen MR) is 67.8 cm³/mol. The summed E-state index contributed by atoms with van der Waals surface area (Å²) < 4.78 is 21.8. The molecule has 14 heteroatoms. The number of aromatic nitrogens is 4. The van der Waals surface area contributed by atoms with Gasteiger partial charge < -0.3 is 29.9 Å². The van der Waals surface area contributed by atoms with Gasteiger partial charge in [0.2, 0.25) is 0 Å². The first-order valence-electron chi connectivity index (χ1n) is 6.28. The molecule has 2 aromatic rings. The zero-order chi connectivity index (χ0) is 15.9. The third kappa shape index (κ3) is 4.97. The monoisotopic (exact) mass is 375 g/mol. The molecule has 1 saturated heterocycles. The van der Waals surface area contributed by atoms with Crippen LogP contribution < -0.4 is 74.8 Å². The van der Waals surface area contributed by atoms with Crippen LogP contribution in [0.5, 0.6) is 0 Å². The molecule has 3 rings (SSSR count). The van der Waals surface area contributed by atoms with E-state index in [1.807, 2.05) is 0 Å². The maximum absolute atomic E-state index is 11.9. The van der Waals surface area contributed by atoms with E-state index in [-0.39, 0.29) is 71.4 Å². The van der Waals surface area contributed by atoms with Gasteiger partial charge in [-0.1, -0.05) is 6.10 Å². The number of anilines is 1. The summed E-state index contributed by atoms with van der Waals surface area (Å²) in [4.78, 5) is 31.0. The first-order chi connectivity index (χ1) is 10.3. The minimum atomic E-state index is -4.90. The second kappa shape index (κ2) is 8.85. The van der Waals surface area contributed by atoms with E-state index in [1.165, 1.54) is 17.2 Å². The Labute approximate surface area is 180 Å². The summed E-state index contributed by atoms with van der Waals surface area (Å²) in [5, 5.41) is 11.9. The number of ether oxygens (including phenoxy) is 1. The van der Waals surface area contributed by atoms with E-state index >= 15 is 0 Å². The summed E-state index contributed by atoms with van der Waals surface area (Å²) in [5.74, 6) is 0.202. The Bertz CT molecular complexity index is 742. The van der Waals surface area contributed by atoms with Crippen LogP contribution in [0, 0.1) is 0 Å². The van der Waals surface area contributed by atoms with E-state index < -0.39 is 32.9 Å². The van der Waals surface area contributed by atoms with Crippen molar-refractivity contribution in [1.29, 1.82) is 0 Å². The second-order valence-electron chi connectivity index (χ2n) is 4.75. The molecule has 3 heterocycles. The fourth-order valence-corrected chi connectivity index (χ4v) is 2.60. The van der Waals surface area contributed by atoms with Gasteiger partial charge in [0.05, 0.1) is 19.0 Å². The van der Waals surface area contributed by atoms with Gasteiger partial charge in [-0.25, -0.2) is 15.0 Å². The summed E-state index contributed by atoms with van der Waals surface area (Å²) in [6, 6.07) is 0. The zero-order valence-electron chi connectivity index (χ0n) is 13.1. The number of nitrogens with zero attached hydrogens (tertiary/aromatic N) is 4. The van der Waals surface area contributed by atoms with Gasteiger partial charge in [0.1, 0.15) is 18.1 Å². The van der Waals surface area contributed by atoms with E-state index in [1.54, 1.807) is 0 Å². The van der Waals surface area contributed by atoms with Crippen molar-refractivity contribution in [2.75, 3.05) is 12.3 Å². The fourth-order valence-electron chi connectivity index (χ4n) is 2.27. The van der Waals surface area contributed by atoms with Gasteiger partial charge in [-0.2, -0.15) is 0 Å². The van der Waals surface area contributed by atoms with Crippen LogP contribution in [0.15, 0.2) is 12.7 Å². The molecule has 120 valence electrons. The van der Waals surface area contributed by atoms with Crippen molar-refractivity contribution in [2.24, 2.45) is 0 Å². The number of nitrogen functional groups attached to an aromatic ring is 1. The van der Waals surface area contributed by atoms with Crippen LogP contribution in [0.3, 0.4) is 0 Å². The van der Waals surface area contributed by atoms with Gasteiger partial charge in [0.25, 0.3) is 7.82 Å². The second-order valence-corrected chi connectivity index (χ2v) is 5.95. The number of imidazole rings is 1. The summed E-state index contributed by atoms with van der Waals surface area (Å²) in [5.41, 5.74) is 6.46. The topological polar surface area (TPSA) is 172 Å². The molecule has 0 radical (unpaired) electrons. The average molecular weight is 375 g/mol. The third-order valence-electron chi connectivity index (χ3n) is 3.28. The van der Waals surface area contributed by atoms with Crippen LogP contribution in [-0.2, 0) is 13.8 Å². The van der Waals surface area contributed by atoms with Crippen LogP contribution >= 0.6 is 7.82 Å². The van der Waals surface area contributed by atoms with Crippen LogP contribution in [0.2, 0.25) is 0 Å². The van der Waals surface area contributed by atoms with Crippen LogP contribution in [-0.4, -0.2) is 43.2 Å². The quantitative estimate of drug-likeness (QED) is 0.386. The molecule has 0 saturated carbocycles. The fraction of sp³-hybridized carbons (Fsp3) is 0.500. The van der Waals surface area contributed by atoms with Crippen molar-refractivity contribution in [3.63, 3.8) is 0 Å². The summed E-state index contributed by atoms with van der Waals surface area (Å²) in [7, 11) is -4.90. The maximum Gasteiger partial charge on any atom is 1.00 e. The van der Waals surface area contributed by atoms with Gasteiger partial charge in [0.15, 0.2) is 11.5 Å². The molecule has 1 aliphatic rings. The molecule has 0 bridgehead atoms. The Balaban J connectivity index is 0.00000144. The minimum Gasteiger partial charge on any atom is -0.850 e.